The van der Waals surface area contributed by atoms with Crippen LogP contribution >= 0.6 is 11.6 Å². The number of sulfone groups is 1. The summed E-state index contributed by atoms with van der Waals surface area (Å²) in [6, 6.07) is 6.57. The Morgan fingerprint density at radius 2 is 1.94 bits per heavy atom. The summed E-state index contributed by atoms with van der Waals surface area (Å²) in [5.74, 6) is 0.512. The van der Waals surface area contributed by atoms with Gasteiger partial charge in [0.2, 0.25) is 9.84 Å². The molecule has 1 aliphatic rings. The summed E-state index contributed by atoms with van der Waals surface area (Å²) in [7, 11) is -3.61. The van der Waals surface area contributed by atoms with Crippen LogP contribution in [-0.2, 0) is 9.84 Å². The van der Waals surface area contributed by atoms with E-state index in [1.54, 1.807) is 24.3 Å². The molecule has 1 aromatic rings. The zero-order valence-electron chi connectivity index (χ0n) is 8.63. The average molecular weight is 273 g/mol. The number of hydrogen-bond donors (Lipinski definition) is 1. The smallest absolute Gasteiger partial charge is 0.239 e. The Labute approximate surface area is 103 Å². The van der Waals surface area contributed by atoms with Gasteiger partial charge in [-0.05, 0) is 24.3 Å². The van der Waals surface area contributed by atoms with Crippen LogP contribution in [0.5, 0.6) is 5.75 Å². The molecule has 0 radical (unpaired) electrons. The molecule has 0 aromatic heterocycles. The number of halogens is 1. The first-order valence-electron chi connectivity index (χ1n) is 4.66. The molecule has 0 atom stereocenters. The summed E-state index contributed by atoms with van der Waals surface area (Å²) in [5, 5.41) is 0.228. The van der Waals surface area contributed by atoms with E-state index in [0.29, 0.717) is 10.8 Å². The third-order valence-corrected chi connectivity index (χ3v) is 3.95. The molecule has 0 unspecified atom stereocenters. The van der Waals surface area contributed by atoms with Gasteiger partial charge in [-0.2, -0.15) is 0 Å². The molecular weight excluding hydrogens is 264 g/mol. The summed E-state index contributed by atoms with van der Waals surface area (Å²) in [6.45, 7) is -0.152. The molecule has 1 aromatic carbocycles. The number of ether oxygens (including phenoxy) is 1. The second-order valence-electron chi connectivity index (χ2n) is 3.30. The van der Waals surface area contributed by atoms with Crippen LogP contribution in [0.1, 0.15) is 0 Å². The quantitative estimate of drug-likeness (QED) is 0.899. The van der Waals surface area contributed by atoms with Gasteiger partial charge in [0.05, 0.1) is 6.20 Å². The predicted octanol–water partition coefficient (Wildman–Crippen LogP) is 1.30. The van der Waals surface area contributed by atoms with Crippen LogP contribution in [0, 0.1) is 0 Å². The van der Waals surface area contributed by atoms with Crippen LogP contribution in [0.4, 0.5) is 0 Å². The minimum absolute atomic E-state index is 0.0926. The Morgan fingerprint density at radius 1 is 1.29 bits per heavy atom. The van der Waals surface area contributed by atoms with Crippen molar-refractivity contribution in [1.82, 2.24) is 0 Å². The summed E-state index contributed by atoms with van der Waals surface area (Å²) in [6.07, 6.45) is 1.11. The van der Waals surface area contributed by atoms with Gasteiger partial charge in [-0.15, -0.1) is 0 Å². The second kappa shape index (κ2) is 4.38. The maximum absolute atomic E-state index is 11.5. The van der Waals surface area contributed by atoms with Gasteiger partial charge in [0, 0.05) is 5.02 Å². The Kier molecular flexibility index (Phi) is 3.08. The minimum atomic E-state index is -3.61. The van der Waals surface area contributed by atoms with Gasteiger partial charge in [0.1, 0.15) is 12.4 Å². The number of nitrogens with two attached hydrogens (primary N) is 1. The molecule has 0 fully saturated rings. The number of aliphatic imine (C=N–C) groups is 1. The van der Waals surface area contributed by atoms with Crippen molar-refractivity contribution in [1.29, 1.82) is 0 Å². The molecule has 7 heteroatoms. The highest BCUT2D eigenvalue weighted by molar-refractivity contribution is 8.10. The van der Waals surface area contributed by atoms with E-state index in [0.717, 1.165) is 6.20 Å². The lowest BCUT2D eigenvalue weighted by atomic mass is 10.3. The van der Waals surface area contributed by atoms with E-state index in [9.17, 15) is 8.42 Å². The van der Waals surface area contributed by atoms with Crippen molar-refractivity contribution in [2.45, 2.75) is 0 Å². The SMILES string of the molecule is NC1=CN=C(COc2ccc(Cl)cc2)S1(=O)=O. The van der Waals surface area contributed by atoms with Gasteiger partial charge in [-0.3, -0.25) is 0 Å². The van der Waals surface area contributed by atoms with Crippen molar-refractivity contribution >= 4 is 26.5 Å². The van der Waals surface area contributed by atoms with E-state index in [2.05, 4.69) is 4.99 Å². The Bertz CT molecular complexity index is 590. The van der Waals surface area contributed by atoms with Crippen LogP contribution in [0.2, 0.25) is 5.02 Å². The molecule has 5 nitrogen and oxygen atoms in total. The third-order valence-electron chi connectivity index (χ3n) is 2.13. The van der Waals surface area contributed by atoms with Crippen molar-refractivity contribution in [2.24, 2.45) is 10.7 Å². The Hall–Kier alpha value is -1.53. The van der Waals surface area contributed by atoms with E-state index < -0.39 is 9.84 Å². The highest BCUT2D eigenvalue weighted by Crippen LogP contribution is 2.17. The van der Waals surface area contributed by atoms with Crippen molar-refractivity contribution in [3.8, 4) is 5.75 Å². The predicted molar refractivity (Wildman–Crippen MR) is 65.6 cm³/mol. The van der Waals surface area contributed by atoms with Crippen LogP contribution in [-0.4, -0.2) is 20.1 Å². The summed E-state index contributed by atoms with van der Waals surface area (Å²) < 4.78 is 28.4. The molecule has 2 rings (SSSR count). The fourth-order valence-corrected chi connectivity index (χ4v) is 2.20. The average Bonchev–Trinajstić information content (AvgIpc) is 2.54. The maximum atomic E-state index is 11.5. The van der Waals surface area contributed by atoms with Crippen molar-refractivity contribution in [3.63, 3.8) is 0 Å². The van der Waals surface area contributed by atoms with Crippen LogP contribution in [0.3, 0.4) is 0 Å². The van der Waals surface area contributed by atoms with Crippen LogP contribution in [0.25, 0.3) is 0 Å². The molecule has 1 heterocycles. The van der Waals surface area contributed by atoms with Crippen LogP contribution in [0.15, 0.2) is 40.5 Å². The normalized spacial score (nSPS) is 17.5. The van der Waals surface area contributed by atoms with Gasteiger partial charge in [0.25, 0.3) is 0 Å². The zero-order valence-corrected chi connectivity index (χ0v) is 10.2. The molecule has 2 N–H and O–H groups in total. The van der Waals surface area contributed by atoms with Gasteiger partial charge in [-0.1, -0.05) is 11.6 Å². The largest absolute Gasteiger partial charge is 0.487 e. The second-order valence-corrected chi connectivity index (χ2v) is 5.69. The minimum Gasteiger partial charge on any atom is -0.487 e. The van der Waals surface area contributed by atoms with E-state index in [4.69, 9.17) is 22.1 Å². The van der Waals surface area contributed by atoms with E-state index in [1.807, 2.05) is 0 Å². The molecular formula is C10H9ClN2O3S. The molecule has 1 aliphatic heterocycles. The fourth-order valence-electron chi connectivity index (χ4n) is 1.20. The number of hydrogen-bond acceptors (Lipinski definition) is 5. The topological polar surface area (TPSA) is 81.8 Å². The monoisotopic (exact) mass is 272 g/mol. The van der Waals surface area contributed by atoms with Crippen molar-refractivity contribution < 1.29 is 13.2 Å². The third kappa shape index (κ3) is 2.42. The summed E-state index contributed by atoms with van der Waals surface area (Å²) >= 11 is 5.70. The molecule has 0 amide bonds. The number of rotatable bonds is 3. The molecule has 0 spiro atoms. The molecule has 90 valence electrons. The van der Waals surface area contributed by atoms with Crippen molar-refractivity contribution in [3.05, 3.63) is 40.5 Å². The summed E-state index contributed by atoms with van der Waals surface area (Å²) in [5.41, 5.74) is 5.28. The molecule has 0 saturated carbocycles. The van der Waals surface area contributed by atoms with Crippen molar-refractivity contribution in [2.75, 3.05) is 6.61 Å². The molecule has 0 saturated heterocycles. The first kappa shape index (κ1) is 11.9. The standard InChI is InChI=1S/C10H9ClN2O3S/c11-7-1-3-8(4-2-7)16-6-10-13-5-9(12)17(10,14)15/h1-5H,6,12H2. The molecule has 17 heavy (non-hydrogen) atoms. The highest BCUT2D eigenvalue weighted by atomic mass is 35.5. The summed E-state index contributed by atoms with van der Waals surface area (Å²) in [4.78, 5) is 3.69. The Balaban J connectivity index is 2.04. The number of nitrogens with zero attached hydrogens (tertiary/aromatic N) is 1. The van der Waals surface area contributed by atoms with Gasteiger partial charge in [0.15, 0.2) is 10.1 Å². The maximum Gasteiger partial charge on any atom is 0.239 e. The first-order valence-corrected chi connectivity index (χ1v) is 6.52. The van der Waals surface area contributed by atoms with Gasteiger partial charge in [-0.25, -0.2) is 13.4 Å². The fraction of sp³-hybridized carbons (Fsp3) is 0.100. The highest BCUT2D eigenvalue weighted by Gasteiger charge is 2.27. The molecule has 0 aliphatic carbocycles. The Morgan fingerprint density at radius 3 is 2.47 bits per heavy atom. The first-order chi connectivity index (χ1) is 8.00. The lowest BCUT2D eigenvalue weighted by Gasteiger charge is -2.06. The van der Waals surface area contributed by atoms with E-state index in [-0.39, 0.29) is 16.7 Å². The lowest BCUT2D eigenvalue weighted by molar-refractivity contribution is 0.378. The van der Waals surface area contributed by atoms with Gasteiger partial charge >= 0.3 is 0 Å². The number of benzene rings is 1. The lowest BCUT2D eigenvalue weighted by Crippen LogP contribution is -2.23. The molecule has 0 bridgehead atoms. The van der Waals surface area contributed by atoms with Gasteiger partial charge < -0.3 is 10.5 Å². The zero-order chi connectivity index (χ0) is 12.5. The van der Waals surface area contributed by atoms with Crippen LogP contribution < -0.4 is 10.5 Å². The van der Waals surface area contributed by atoms with E-state index in [1.165, 1.54) is 0 Å². The van der Waals surface area contributed by atoms with E-state index >= 15 is 0 Å².